The maximum Gasteiger partial charge on any atom is 0.191 e. The molecular formula is C18H26ClFN4O. The van der Waals surface area contributed by atoms with E-state index in [2.05, 4.69) is 20.5 Å². The number of ether oxygens (including phenoxy) is 1. The van der Waals surface area contributed by atoms with Crippen LogP contribution in [0.1, 0.15) is 18.4 Å². The van der Waals surface area contributed by atoms with Gasteiger partial charge in [0.2, 0.25) is 0 Å². The van der Waals surface area contributed by atoms with Crippen LogP contribution in [-0.2, 0) is 10.2 Å². The molecule has 0 aromatic heterocycles. The van der Waals surface area contributed by atoms with E-state index in [-0.39, 0.29) is 11.2 Å². The molecule has 25 heavy (non-hydrogen) atoms. The third kappa shape index (κ3) is 4.84. The molecule has 0 spiro atoms. The smallest absolute Gasteiger partial charge is 0.191 e. The minimum Gasteiger partial charge on any atom is -0.379 e. The summed E-state index contributed by atoms with van der Waals surface area (Å²) < 4.78 is 18.6. The van der Waals surface area contributed by atoms with Crippen molar-refractivity contribution >= 4 is 17.6 Å². The third-order valence-electron chi connectivity index (χ3n) is 5.00. The summed E-state index contributed by atoms with van der Waals surface area (Å²) in [6.07, 6.45) is 2.10. The van der Waals surface area contributed by atoms with E-state index in [1.54, 1.807) is 13.1 Å². The van der Waals surface area contributed by atoms with Gasteiger partial charge in [0, 0.05) is 50.2 Å². The molecule has 1 heterocycles. The maximum absolute atomic E-state index is 13.3. The van der Waals surface area contributed by atoms with Crippen LogP contribution in [0.3, 0.4) is 0 Å². The number of morpholine rings is 1. The molecule has 2 fully saturated rings. The average Bonchev–Trinajstić information content (AvgIpc) is 3.39. The Balaban J connectivity index is 1.47. The summed E-state index contributed by atoms with van der Waals surface area (Å²) in [5.41, 5.74) is 1.01. The Bertz CT molecular complexity index is 615. The number of benzene rings is 1. The molecule has 7 heteroatoms. The molecule has 0 amide bonds. The fourth-order valence-electron chi connectivity index (χ4n) is 3.24. The Morgan fingerprint density at radius 3 is 2.72 bits per heavy atom. The second-order valence-corrected chi connectivity index (χ2v) is 7.12. The standard InChI is InChI=1S/C18H26ClFN4O/c1-21-17(22-6-7-24-8-10-25-11-9-24)23-13-18(4-5-18)15-3-2-14(20)12-16(15)19/h2-3,12H,4-11,13H2,1H3,(H2,21,22,23). The normalized spacial score (nSPS) is 20.4. The first-order valence-electron chi connectivity index (χ1n) is 8.83. The molecule has 0 radical (unpaired) electrons. The van der Waals surface area contributed by atoms with Gasteiger partial charge in [-0.2, -0.15) is 0 Å². The number of nitrogens with zero attached hydrogens (tertiary/aromatic N) is 2. The highest BCUT2D eigenvalue weighted by atomic mass is 35.5. The summed E-state index contributed by atoms with van der Waals surface area (Å²) in [6, 6.07) is 4.68. The molecule has 0 unspecified atom stereocenters. The topological polar surface area (TPSA) is 48.9 Å². The fourth-order valence-corrected chi connectivity index (χ4v) is 3.61. The van der Waals surface area contributed by atoms with Crippen molar-refractivity contribution in [2.45, 2.75) is 18.3 Å². The summed E-state index contributed by atoms with van der Waals surface area (Å²) in [5.74, 6) is 0.496. The van der Waals surface area contributed by atoms with E-state index in [1.165, 1.54) is 12.1 Å². The first-order valence-corrected chi connectivity index (χ1v) is 9.21. The monoisotopic (exact) mass is 368 g/mol. The van der Waals surface area contributed by atoms with Gasteiger partial charge in [-0.15, -0.1) is 0 Å². The van der Waals surface area contributed by atoms with Gasteiger partial charge in [0.25, 0.3) is 0 Å². The van der Waals surface area contributed by atoms with E-state index in [4.69, 9.17) is 16.3 Å². The highest BCUT2D eigenvalue weighted by Crippen LogP contribution is 2.50. The van der Waals surface area contributed by atoms with Crippen molar-refractivity contribution in [3.8, 4) is 0 Å². The van der Waals surface area contributed by atoms with Crippen molar-refractivity contribution in [3.05, 3.63) is 34.6 Å². The van der Waals surface area contributed by atoms with Gasteiger partial charge >= 0.3 is 0 Å². The lowest BCUT2D eigenvalue weighted by Crippen LogP contribution is -2.45. The van der Waals surface area contributed by atoms with Crippen molar-refractivity contribution in [2.75, 3.05) is 53.0 Å². The van der Waals surface area contributed by atoms with Gasteiger partial charge in [-0.05, 0) is 30.5 Å². The van der Waals surface area contributed by atoms with Gasteiger partial charge in [0.05, 0.1) is 13.2 Å². The highest BCUT2D eigenvalue weighted by Gasteiger charge is 2.45. The minimum atomic E-state index is -0.293. The Morgan fingerprint density at radius 1 is 1.32 bits per heavy atom. The van der Waals surface area contributed by atoms with E-state index in [0.29, 0.717) is 5.02 Å². The summed E-state index contributed by atoms with van der Waals surface area (Å²) in [6.45, 7) is 6.15. The maximum atomic E-state index is 13.3. The van der Waals surface area contributed by atoms with Crippen LogP contribution in [0.2, 0.25) is 5.02 Å². The van der Waals surface area contributed by atoms with E-state index in [9.17, 15) is 4.39 Å². The molecule has 1 aliphatic heterocycles. The lowest BCUT2D eigenvalue weighted by molar-refractivity contribution is 0.0389. The van der Waals surface area contributed by atoms with E-state index < -0.39 is 0 Å². The summed E-state index contributed by atoms with van der Waals surface area (Å²) >= 11 is 6.24. The van der Waals surface area contributed by atoms with Gasteiger partial charge in [-0.25, -0.2) is 4.39 Å². The molecule has 2 N–H and O–H groups in total. The zero-order valence-electron chi connectivity index (χ0n) is 14.7. The Hall–Kier alpha value is -1.37. The van der Waals surface area contributed by atoms with Gasteiger partial charge in [0.15, 0.2) is 5.96 Å². The number of nitrogens with one attached hydrogen (secondary N) is 2. The van der Waals surface area contributed by atoms with Crippen LogP contribution in [0.15, 0.2) is 23.2 Å². The Labute approximate surface area is 153 Å². The molecule has 5 nitrogen and oxygen atoms in total. The number of hydrogen-bond acceptors (Lipinski definition) is 3. The number of hydrogen-bond donors (Lipinski definition) is 2. The molecule has 1 saturated heterocycles. The van der Waals surface area contributed by atoms with Gasteiger partial charge < -0.3 is 15.4 Å². The molecule has 1 aromatic carbocycles. The van der Waals surface area contributed by atoms with Crippen LogP contribution in [0.25, 0.3) is 0 Å². The Morgan fingerprint density at radius 2 is 2.08 bits per heavy atom. The molecule has 1 saturated carbocycles. The quantitative estimate of drug-likeness (QED) is 0.595. The molecule has 3 rings (SSSR count). The van der Waals surface area contributed by atoms with Crippen molar-refractivity contribution in [2.24, 2.45) is 4.99 Å². The van der Waals surface area contributed by atoms with Gasteiger partial charge in [0.1, 0.15) is 5.82 Å². The van der Waals surface area contributed by atoms with Crippen molar-refractivity contribution < 1.29 is 9.13 Å². The molecule has 1 aliphatic carbocycles. The van der Waals surface area contributed by atoms with Crippen LogP contribution < -0.4 is 10.6 Å². The zero-order chi connectivity index (χ0) is 17.7. The molecular weight excluding hydrogens is 343 g/mol. The first kappa shape index (κ1) is 18.4. The Kier molecular flexibility index (Phi) is 6.15. The number of rotatable bonds is 6. The second-order valence-electron chi connectivity index (χ2n) is 6.71. The summed E-state index contributed by atoms with van der Waals surface area (Å²) in [4.78, 5) is 6.67. The number of guanidine groups is 1. The SMILES string of the molecule is CN=C(NCCN1CCOCC1)NCC1(c2ccc(F)cc2Cl)CC1. The van der Waals surface area contributed by atoms with Gasteiger partial charge in [-0.3, -0.25) is 9.89 Å². The van der Waals surface area contributed by atoms with Crippen molar-refractivity contribution in [1.29, 1.82) is 0 Å². The molecule has 138 valence electrons. The third-order valence-corrected chi connectivity index (χ3v) is 5.31. The second kappa shape index (κ2) is 8.34. The predicted octanol–water partition coefficient (Wildman–Crippen LogP) is 2.01. The molecule has 2 aliphatic rings. The first-order chi connectivity index (χ1) is 12.1. The van der Waals surface area contributed by atoms with Crippen LogP contribution >= 0.6 is 11.6 Å². The molecule has 0 bridgehead atoms. The van der Waals surface area contributed by atoms with Crippen LogP contribution in [0.5, 0.6) is 0 Å². The minimum absolute atomic E-state index is 0.00733. The average molecular weight is 369 g/mol. The van der Waals surface area contributed by atoms with Crippen LogP contribution in [-0.4, -0.2) is 63.8 Å². The van der Waals surface area contributed by atoms with E-state index in [1.807, 2.05) is 0 Å². The lowest BCUT2D eigenvalue weighted by Gasteiger charge is -2.27. The molecule has 1 aromatic rings. The largest absolute Gasteiger partial charge is 0.379 e. The van der Waals surface area contributed by atoms with Crippen LogP contribution in [0.4, 0.5) is 4.39 Å². The number of aliphatic imine (C=N–C) groups is 1. The van der Waals surface area contributed by atoms with E-state index >= 15 is 0 Å². The molecule has 0 atom stereocenters. The predicted molar refractivity (Wildman–Crippen MR) is 98.9 cm³/mol. The summed E-state index contributed by atoms with van der Waals surface area (Å²) in [5, 5.41) is 7.26. The summed E-state index contributed by atoms with van der Waals surface area (Å²) in [7, 11) is 1.77. The van der Waals surface area contributed by atoms with E-state index in [0.717, 1.165) is 70.3 Å². The number of halogens is 2. The van der Waals surface area contributed by atoms with Crippen molar-refractivity contribution in [3.63, 3.8) is 0 Å². The van der Waals surface area contributed by atoms with Crippen molar-refractivity contribution in [1.82, 2.24) is 15.5 Å². The lowest BCUT2D eigenvalue weighted by atomic mass is 9.96. The van der Waals surface area contributed by atoms with Crippen LogP contribution in [0, 0.1) is 5.82 Å². The highest BCUT2D eigenvalue weighted by molar-refractivity contribution is 6.31. The van der Waals surface area contributed by atoms with Gasteiger partial charge in [-0.1, -0.05) is 17.7 Å². The zero-order valence-corrected chi connectivity index (χ0v) is 15.4. The fraction of sp³-hybridized carbons (Fsp3) is 0.611.